The zero-order valence-electron chi connectivity index (χ0n) is 16.1. The van der Waals surface area contributed by atoms with Gasteiger partial charge in [-0.05, 0) is 43.7 Å². The number of anilines is 1. The van der Waals surface area contributed by atoms with Gasteiger partial charge in [0.2, 0.25) is 0 Å². The molecule has 0 saturated carbocycles. The fourth-order valence-electron chi connectivity index (χ4n) is 2.78. The minimum Gasteiger partial charge on any atom is -0.378 e. The number of aryl methyl sites for hydroxylation is 1. The summed E-state index contributed by atoms with van der Waals surface area (Å²) in [5.74, 6) is 0.0198. The zero-order valence-corrected chi connectivity index (χ0v) is 17.0. The number of benzene rings is 1. The lowest BCUT2D eigenvalue weighted by Gasteiger charge is -2.21. The predicted octanol–water partition coefficient (Wildman–Crippen LogP) is 4.24. The Hall–Kier alpha value is -2.73. The third-order valence-electron chi connectivity index (χ3n) is 4.37. The minimum absolute atomic E-state index is 0.0198. The Kier molecular flexibility index (Phi) is 5.86. The van der Waals surface area contributed by atoms with E-state index in [0.717, 1.165) is 27.6 Å². The Labute approximate surface area is 164 Å². The van der Waals surface area contributed by atoms with Gasteiger partial charge in [-0.1, -0.05) is 18.2 Å². The first-order valence-electron chi connectivity index (χ1n) is 8.94. The number of carbonyl (C=O) groups is 1. The van der Waals surface area contributed by atoms with E-state index < -0.39 is 0 Å². The van der Waals surface area contributed by atoms with Crippen LogP contribution in [-0.4, -0.2) is 41.4 Å². The minimum atomic E-state index is 0.0198. The van der Waals surface area contributed by atoms with E-state index >= 15 is 0 Å². The molecule has 0 aliphatic rings. The second-order valence-corrected chi connectivity index (χ2v) is 7.53. The largest absolute Gasteiger partial charge is 0.378 e. The monoisotopic (exact) mass is 380 g/mol. The van der Waals surface area contributed by atoms with Gasteiger partial charge in [0.15, 0.2) is 0 Å². The second kappa shape index (κ2) is 8.31. The van der Waals surface area contributed by atoms with E-state index in [9.17, 15) is 4.79 Å². The third kappa shape index (κ3) is 4.34. The molecule has 1 amide bonds. The Morgan fingerprint density at radius 3 is 2.44 bits per heavy atom. The molecule has 0 atom stereocenters. The molecule has 0 fully saturated rings. The van der Waals surface area contributed by atoms with Crippen molar-refractivity contribution in [2.75, 3.05) is 25.5 Å². The smallest absolute Gasteiger partial charge is 0.266 e. The number of pyridine rings is 1. The van der Waals surface area contributed by atoms with E-state index in [2.05, 4.69) is 39.1 Å². The van der Waals surface area contributed by atoms with Crippen LogP contribution in [0.15, 0.2) is 48.7 Å². The van der Waals surface area contributed by atoms with Crippen LogP contribution >= 0.6 is 11.3 Å². The fraction of sp³-hybridized carbons (Fsp3) is 0.286. The Bertz CT molecular complexity index is 904. The third-order valence-corrected chi connectivity index (χ3v) is 5.54. The molecule has 3 rings (SSSR count). The van der Waals surface area contributed by atoms with Crippen molar-refractivity contribution in [3.8, 4) is 10.7 Å². The van der Waals surface area contributed by atoms with Crippen molar-refractivity contribution in [2.24, 2.45) is 0 Å². The van der Waals surface area contributed by atoms with E-state index in [-0.39, 0.29) is 5.91 Å². The molecule has 0 aliphatic heterocycles. The van der Waals surface area contributed by atoms with Gasteiger partial charge in [0.1, 0.15) is 9.88 Å². The summed E-state index contributed by atoms with van der Waals surface area (Å²) >= 11 is 1.41. The highest BCUT2D eigenvalue weighted by Crippen LogP contribution is 2.28. The molecule has 5 nitrogen and oxygen atoms in total. The summed E-state index contributed by atoms with van der Waals surface area (Å²) < 4.78 is 0. The molecule has 0 N–H and O–H groups in total. The lowest BCUT2D eigenvalue weighted by atomic mass is 10.2. The molecule has 2 heterocycles. The number of aromatic nitrogens is 2. The van der Waals surface area contributed by atoms with Gasteiger partial charge in [0.25, 0.3) is 5.91 Å². The van der Waals surface area contributed by atoms with Crippen molar-refractivity contribution < 1.29 is 4.79 Å². The molecule has 140 valence electrons. The van der Waals surface area contributed by atoms with Crippen molar-refractivity contribution >= 4 is 22.9 Å². The molecule has 27 heavy (non-hydrogen) atoms. The summed E-state index contributed by atoms with van der Waals surface area (Å²) in [7, 11) is 4.03. The first-order chi connectivity index (χ1) is 13.0. The fourth-order valence-corrected chi connectivity index (χ4v) is 3.80. The molecule has 0 spiro atoms. The molecule has 0 radical (unpaired) electrons. The molecule has 0 saturated heterocycles. The number of rotatable bonds is 6. The molecule has 3 aromatic rings. The summed E-state index contributed by atoms with van der Waals surface area (Å²) in [6.07, 6.45) is 1.74. The Morgan fingerprint density at radius 2 is 1.85 bits per heavy atom. The van der Waals surface area contributed by atoms with Crippen LogP contribution < -0.4 is 4.90 Å². The molecular weight excluding hydrogens is 356 g/mol. The maximum absolute atomic E-state index is 13.1. The van der Waals surface area contributed by atoms with Crippen molar-refractivity contribution in [1.29, 1.82) is 0 Å². The average Bonchev–Trinajstić information content (AvgIpc) is 3.08. The molecule has 2 aromatic heterocycles. The number of carbonyl (C=O) groups excluding carboxylic acids is 1. The van der Waals surface area contributed by atoms with E-state index in [4.69, 9.17) is 0 Å². The van der Waals surface area contributed by atoms with Gasteiger partial charge in [0.05, 0.1) is 11.4 Å². The van der Waals surface area contributed by atoms with Crippen LogP contribution in [0.5, 0.6) is 0 Å². The van der Waals surface area contributed by atoms with Gasteiger partial charge in [0, 0.05) is 39.1 Å². The van der Waals surface area contributed by atoms with Crippen LogP contribution in [0.2, 0.25) is 0 Å². The summed E-state index contributed by atoms with van der Waals surface area (Å²) in [5.41, 5.74) is 3.81. The van der Waals surface area contributed by atoms with Gasteiger partial charge < -0.3 is 9.80 Å². The van der Waals surface area contributed by atoms with Gasteiger partial charge in [-0.15, -0.1) is 11.3 Å². The highest BCUT2D eigenvalue weighted by Gasteiger charge is 2.21. The van der Waals surface area contributed by atoms with Gasteiger partial charge in [-0.2, -0.15) is 0 Å². The highest BCUT2D eigenvalue weighted by atomic mass is 32.1. The summed E-state index contributed by atoms with van der Waals surface area (Å²) in [4.78, 5) is 26.6. The SMILES string of the molecule is CCN(Cc1ccc(N(C)C)cc1)C(=O)c1sc(-c2ccccn2)nc1C. The van der Waals surface area contributed by atoms with Crippen LogP contribution in [-0.2, 0) is 6.54 Å². The van der Waals surface area contributed by atoms with Gasteiger partial charge in [-0.3, -0.25) is 9.78 Å². The maximum atomic E-state index is 13.1. The molecule has 1 aromatic carbocycles. The number of amides is 1. The summed E-state index contributed by atoms with van der Waals surface area (Å²) in [5, 5.41) is 0.780. The number of hydrogen-bond acceptors (Lipinski definition) is 5. The number of nitrogens with zero attached hydrogens (tertiary/aromatic N) is 4. The Morgan fingerprint density at radius 1 is 1.11 bits per heavy atom. The molecule has 0 unspecified atom stereocenters. The average molecular weight is 381 g/mol. The van der Waals surface area contributed by atoms with Crippen molar-refractivity contribution in [3.05, 3.63) is 64.8 Å². The topological polar surface area (TPSA) is 49.3 Å². The second-order valence-electron chi connectivity index (χ2n) is 6.53. The quantitative estimate of drug-likeness (QED) is 0.642. The van der Waals surface area contributed by atoms with Gasteiger partial charge in [-0.25, -0.2) is 4.98 Å². The van der Waals surface area contributed by atoms with E-state index in [1.165, 1.54) is 11.3 Å². The zero-order chi connectivity index (χ0) is 19.4. The first kappa shape index (κ1) is 19.0. The van der Waals surface area contributed by atoms with Crippen LogP contribution in [0.1, 0.15) is 27.9 Å². The Balaban J connectivity index is 1.80. The van der Waals surface area contributed by atoms with E-state index in [1.807, 2.05) is 51.0 Å². The molecule has 0 bridgehead atoms. The first-order valence-corrected chi connectivity index (χ1v) is 9.75. The number of hydrogen-bond donors (Lipinski definition) is 0. The van der Waals surface area contributed by atoms with E-state index in [1.54, 1.807) is 6.20 Å². The molecular formula is C21H24N4OS. The van der Waals surface area contributed by atoms with Crippen LogP contribution in [0.25, 0.3) is 10.7 Å². The van der Waals surface area contributed by atoms with E-state index in [0.29, 0.717) is 18.0 Å². The predicted molar refractivity (Wildman–Crippen MR) is 111 cm³/mol. The summed E-state index contributed by atoms with van der Waals surface area (Å²) in [6.45, 7) is 5.11. The van der Waals surface area contributed by atoms with Crippen molar-refractivity contribution in [2.45, 2.75) is 20.4 Å². The van der Waals surface area contributed by atoms with Crippen LogP contribution in [0.4, 0.5) is 5.69 Å². The number of thiazole rings is 1. The lowest BCUT2D eigenvalue weighted by molar-refractivity contribution is 0.0756. The van der Waals surface area contributed by atoms with Crippen molar-refractivity contribution in [3.63, 3.8) is 0 Å². The highest BCUT2D eigenvalue weighted by molar-refractivity contribution is 7.17. The normalized spacial score (nSPS) is 10.7. The van der Waals surface area contributed by atoms with Gasteiger partial charge >= 0.3 is 0 Å². The van der Waals surface area contributed by atoms with Crippen molar-refractivity contribution in [1.82, 2.24) is 14.9 Å². The molecule has 6 heteroatoms. The van der Waals surface area contributed by atoms with Crippen LogP contribution in [0.3, 0.4) is 0 Å². The summed E-state index contributed by atoms with van der Waals surface area (Å²) in [6, 6.07) is 14.0. The maximum Gasteiger partial charge on any atom is 0.266 e. The van der Waals surface area contributed by atoms with Crippen LogP contribution in [0, 0.1) is 6.92 Å². The lowest BCUT2D eigenvalue weighted by Crippen LogP contribution is -2.30. The standard InChI is InChI=1S/C21H24N4OS/c1-5-25(14-16-9-11-17(12-10-16)24(3)4)21(26)19-15(2)23-20(27-19)18-8-6-7-13-22-18/h6-13H,5,14H2,1-4H3. The molecule has 0 aliphatic carbocycles.